The highest BCUT2D eigenvalue weighted by atomic mass is 35.5. The van der Waals surface area contributed by atoms with E-state index in [9.17, 15) is 23.2 Å². The standard InChI is InChI=1S/C21H16Cl3F2N3O3/c1-2-3-16(30)29-18-14(25)6-7-15(17(18)26)28-19(31)11-8-10(4-5-13(11)22)27-20(32)12-9-21(12,23)24/h2-8,12H,9H2,1H3,(H,27,32)(H,28,31)(H,29,30)/b3-2+. The van der Waals surface area contributed by atoms with Gasteiger partial charge in [0.25, 0.3) is 5.91 Å². The van der Waals surface area contributed by atoms with E-state index >= 15 is 0 Å². The van der Waals surface area contributed by atoms with Crippen LogP contribution in [0.2, 0.25) is 5.02 Å². The van der Waals surface area contributed by atoms with E-state index in [2.05, 4.69) is 16.0 Å². The summed E-state index contributed by atoms with van der Waals surface area (Å²) in [5.41, 5.74) is -0.927. The molecule has 3 amide bonds. The van der Waals surface area contributed by atoms with E-state index in [0.29, 0.717) is 6.42 Å². The Labute approximate surface area is 196 Å². The molecule has 11 heteroatoms. The largest absolute Gasteiger partial charge is 0.326 e. The molecule has 6 nitrogen and oxygen atoms in total. The molecule has 1 aliphatic rings. The summed E-state index contributed by atoms with van der Waals surface area (Å²) in [5.74, 6) is -4.76. The molecular weight excluding hydrogens is 487 g/mol. The van der Waals surface area contributed by atoms with Gasteiger partial charge in [0.1, 0.15) is 15.8 Å². The molecule has 1 saturated carbocycles. The molecule has 2 aromatic carbocycles. The minimum atomic E-state index is -1.17. The number of carbonyl (C=O) groups is 3. The van der Waals surface area contributed by atoms with Gasteiger partial charge in [-0.05, 0) is 49.8 Å². The van der Waals surface area contributed by atoms with Crippen LogP contribution in [0.15, 0.2) is 42.5 Å². The van der Waals surface area contributed by atoms with E-state index < -0.39 is 45.3 Å². The molecule has 0 saturated heterocycles. The van der Waals surface area contributed by atoms with Crippen molar-refractivity contribution in [3.63, 3.8) is 0 Å². The fraction of sp³-hybridized carbons (Fsp3) is 0.190. The van der Waals surface area contributed by atoms with Gasteiger partial charge in [0.2, 0.25) is 11.8 Å². The summed E-state index contributed by atoms with van der Waals surface area (Å²) in [4.78, 5) is 36.5. The van der Waals surface area contributed by atoms with Gasteiger partial charge in [-0.1, -0.05) is 17.7 Å². The van der Waals surface area contributed by atoms with E-state index in [0.717, 1.165) is 18.2 Å². The van der Waals surface area contributed by atoms with Crippen LogP contribution >= 0.6 is 34.8 Å². The first kappa shape index (κ1) is 24.0. The second kappa shape index (κ2) is 9.44. The number of benzene rings is 2. The third-order valence-corrected chi connectivity index (χ3v) is 5.69. The van der Waals surface area contributed by atoms with Crippen LogP contribution in [-0.2, 0) is 9.59 Å². The van der Waals surface area contributed by atoms with Crippen molar-refractivity contribution in [1.82, 2.24) is 0 Å². The Hall–Kier alpha value is -2.68. The van der Waals surface area contributed by atoms with Crippen molar-refractivity contribution in [2.45, 2.75) is 17.7 Å². The predicted octanol–water partition coefficient (Wildman–Crippen LogP) is 5.52. The van der Waals surface area contributed by atoms with Crippen molar-refractivity contribution >= 4 is 69.6 Å². The number of amides is 3. The second-order valence-corrected chi connectivity index (χ2v) is 8.88. The van der Waals surface area contributed by atoms with Crippen LogP contribution in [0.25, 0.3) is 0 Å². The molecule has 0 bridgehead atoms. The van der Waals surface area contributed by atoms with E-state index in [1.165, 1.54) is 24.3 Å². The third-order valence-electron chi connectivity index (χ3n) is 4.53. The molecule has 1 aliphatic carbocycles. The minimum Gasteiger partial charge on any atom is -0.326 e. The van der Waals surface area contributed by atoms with Crippen molar-refractivity contribution in [3.05, 3.63) is 64.7 Å². The lowest BCUT2D eigenvalue weighted by Gasteiger charge is -2.13. The average Bonchev–Trinajstić information content (AvgIpc) is 3.37. The van der Waals surface area contributed by atoms with Gasteiger partial charge in [-0.25, -0.2) is 8.78 Å². The van der Waals surface area contributed by atoms with Crippen molar-refractivity contribution in [2.24, 2.45) is 5.92 Å². The number of anilines is 3. The maximum absolute atomic E-state index is 14.7. The zero-order valence-corrected chi connectivity index (χ0v) is 18.7. The number of rotatable bonds is 6. The van der Waals surface area contributed by atoms with E-state index in [1.807, 2.05) is 0 Å². The van der Waals surface area contributed by atoms with Crippen LogP contribution in [0, 0.1) is 17.6 Å². The molecule has 1 fully saturated rings. The lowest BCUT2D eigenvalue weighted by Crippen LogP contribution is -2.18. The molecule has 32 heavy (non-hydrogen) atoms. The summed E-state index contributed by atoms with van der Waals surface area (Å²) in [6, 6.07) is 6.02. The molecule has 0 aromatic heterocycles. The fourth-order valence-electron chi connectivity index (χ4n) is 2.77. The van der Waals surface area contributed by atoms with Gasteiger partial charge >= 0.3 is 0 Å². The smallest absolute Gasteiger partial charge is 0.257 e. The maximum Gasteiger partial charge on any atom is 0.257 e. The molecular formula is C21H16Cl3F2N3O3. The topological polar surface area (TPSA) is 87.3 Å². The van der Waals surface area contributed by atoms with Gasteiger partial charge in [-0.2, -0.15) is 0 Å². The summed E-state index contributed by atoms with van der Waals surface area (Å²) in [6.07, 6.45) is 2.79. The molecule has 3 N–H and O–H groups in total. The van der Waals surface area contributed by atoms with Crippen molar-refractivity contribution < 1.29 is 23.2 Å². The normalized spacial score (nSPS) is 16.5. The number of hydrogen-bond donors (Lipinski definition) is 3. The highest BCUT2D eigenvalue weighted by Crippen LogP contribution is 2.53. The molecule has 0 spiro atoms. The van der Waals surface area contributed by atoms with Crippen molar-refractivity contribution in [1.29, 1.82) is 0 Å². The molecule has 1 atom stereocenters. The Morgan fingerprint density at radius 1 is 1.09 bits per heavy atom. The van der Waals surface area contributed by atoms with Gasteiger partial charge in [-0.15, -0.1) is 23.2 Å². The molecule has 0 radical (unpaired) electrons. The number of hydrogen-bond acceptors (Lipinski definition) is 3. The first-order chi connectivity index (χ1) is 15.0. The lowest BCUT2D eigenvalue weighted by atomic mass is 10.1. The molecule has 1 unspecified atom stereocenters. The summed E-state index contributed by atoms with van der Waals surface area (Å²) in [5, 5.41) is 6.97. The third kappa shape index (κ3) is 5.38. The van der Waals surface area contributed by atoms with Crippen LogP contribution < -0.4 is 16.0 Å². The average molecular weight is 503 g/mol. The van der Waals surface area contributed by atoms with Gasteiger partial charge in [0.05, 0.1) is 22.2 Å². The summed E-state index contributed by atoms with van der Waals surface area (Å²) in [7, 11) is 0. The van der Waals surface area contributed by atoms with E-state index in [-0.39, 0.29) is 22.0 Å². The first-order valence-corrected chi connectivity index (χ1v) is 10.4. The fourth-order valence-corrected chi connectivity index (χ4v) is 3.48. The molecule has 168 valence electrons. The van der Waals surface area contributed by atoms with E-state index in [1.54, 1.807) is 6.92 Å². The van der Waals surface area contributed by atoms with Crippen LogP contribution in [0.1, 0.15) is 23.7 Å². The first-order valence-electron chi connectivity index (χ1n) is 9.24. The van der Waals surface area contributed by atoms with Crippen LogP contribution in [-0.4, -0.2) is 22.1 Å². The van der Waals surface area contributed by atoms with Gasteiger partial charge in [0, 0.05) is 5.69 Å². The Kier molecular flexibility index (Phi) is 7.07. The summed E-state index contributed by atoms with van der Waals surface area (Å²) < 4.78 is 27.6. The SMILES string of the molecule is C/C=C/C(=O)Nc1c(F)ccc(NC(=O)c2cc(NC(=O)C3CC3(Cl)Cl)ccc2Cl)c1F. The quantitative estimate of drug-likeness (QED) is 0.359. The van der Waals surface area contributed by atoms with E-state index in [4.69, 9.17) is 34.8 Å². The molecule has 2 aromatic rings. The van der Waals surface area contributed by atoms with Crippen LogP contribution in [0.4, 0.5) is 25.8 Å². The second-order valence-electron chi connectivity index (χ2n) is 6.93. The predicted molar refractivity (Wildman–Crippen MR) is 120 cm³/mol. The zero-order chi connectivity index (χ0) is 23.6. The molecule has 3 rings (SSSR count). The highest BCUT2D eigenvalue weighted by molar-refractivity contribution is 6.52. The van der Waals surface area contributed by atoms with Crippen LogP contribution in [0.3, 0.4) is 0 Å². The molecule has 0 aliphatic heterocycles. The van der Waals surface area contributed by atoms with Crippen LogP contribution in [0.5, 0.6) is 0 Å². The van der Waals surface area contributed by atoms with Gasteiger partial charge < -0.3 is 16.0 Å². The monoisotopic (exact) mass is 501 g/mol. The zero-order valence-electron chi connectivity index (χ0n) is 16.4. The van der Waals surface area contributed by atoms with Crippen molar-refractivity contribution in [3.8, 4) is 0 Å². The van der Waals surface area contributed by atoms with Gasteiger partial charge in [0.15, 0.2) is 5.82 Å². The minimum absolute atomic E-state index is 0.0279. The number of allylic oxidation sites excluding steroid dienone is 1. The van der Waals surface area contributed by atoms with Gasteiger partial charge in [-0.3, -0.25) is 14.4 Å². The Bertz CT molecular complexity index is 1140. The number of carbonyl (C=O) groups excluding carboxylic acids is 3. The maximum atomic E-state index is 14.7. The number of halogens is 5. The number of nitrogens with one attached hydrogen (secondary N) is 3. The van der Waals surface area contributed by atoms with Crippen molar-refractivity contribution in [2.75, 3.05) is 16.0 Å². The Morgan fingerprint density at radius 2 is 1.78 bits per heavy atom. The highest BCUT2D eigenvalue weighted by Gasteiger charge is 2.56. The number of alkyl halides is 2. The lowest BCUT2D eigenvalue weighted by molar-refractivity contribution is -0.117. The Balaban J connectivity index is 1.80. The Morgan fingerprint density at radius 3 is 2.41 bits per heavy atom. The summed E-state index contributed by atoms with van der Waals surface area (Å²) in [6.45, 7) is 1.57. The summed E-state index contributed by atoms with van der Waals surface area (Å²) >= 11 is 17.8. The molecule has 0 heterocycles.